The molecule has 2 aromatic carbocycles. The van der Waals surface area contributed by atoms with Gasteiger partial charge in [0.05, 0.1) is 12.7 Å². The standard InChI is InChI=1S/C21H21F3N2O3/c1-29-20(28)26-11-10-15-5-8-18(12-16(15)13-26)25-19(27)9-4-14-2-6-17(7-3-14)21(22,23)24/h2-3,5-8,12H,4,9-11,13H2,1H3,(H,25,27). The lowest BCUT2D eigenvalue weighted by atomic mass is 9.99. The molecule has 0 fully saturated rings. The van der Waals surface area contributed by atoms with Gasteiger partial charge in [0.2, 0.25) is 5.91 Å². The number of ether oxygens (including phenoxy) is 1. The van der Waals surface area contributed by atoms with Gasteiger partial charge in [0.1, 0.15) is 0 Å². The number of benzene rings is 2. The van der Waals surface area contributed by atoms with E-state index >= 15 is 0 Å². The zero-order chi connectivity index (χ0) is 21.0. The summed E-state index contributed by atoms with van der Waals surface area (Å²) in [5.41, 5.74) is 2.64. The Morgan fingerprint density at radius 3 is 2.48 bits per heavy atom. The first-order valence-electron chi connectivity index (χ1n) is 9.17. The Bertz CT molecular complexity index is 895. The number of fused-ring (bicyclic) bond motifs is 1. The van der Waals surface area contributed by atoms with Gasteiger partial charge < -0.3 is 15.0 Å². The first kappa shape index (κ1) is 20.7. The third kappa shape index (κ3) is 5.28. The molecule has 1 N–H and O–H groups in total. The highest BCUT2D eigenvalue weighted by Gasteiger charge is 2.29. The molecule has 1 aliphatic heterocycles. The van der Waals surface area contributed by atoms with Gasteiger partial charge in [-0.1, -0.05) is 18.2 Å². The molecule has 29 heavy (non-hydrogen) atoms. The van der Waals surface area contributed by atoms with Crippen LogP contribution in [0.25, 0.3) is 0 Å². The zero-order valence-corrected chi connectivity index (χ0v) is 15.9. The van der Waals surface area contributed by atoms with Crippen LogP contribution >= 0.6 is 0 Å². The molecule has 0 saturated heterocycles. The fourth-order valence-electron chi connectivity index (χ4n) is 3.26. The number of nitrogens with zero attached hydrogens (tertiary/aromatic N) is 1. The Morgan fingerprint density at radius 1 is 1.10 bits per heavy atom. The van der Waals surface area contributed by atoms with Crippen molar-refractivity contribution in [1.82, 2.24) is 4.90 Å². The summed E-state index contributed by atoms with van der Waals surface area (Å²) >= 11 is 0. The van der Waals surface area contributed by atoms with Crippen LogP contribution in [0.2, 0.25) is 0 Å². The van der Waals surface area contributed by atoms with Gasteiger partial charge in [-0.3, -0.25) is 4.79 Å². The number of nitrogens with one attached hydrogen (secondary N) is 1. The lowest BCUT2D eigenvalue weighted by Gasteiger charge is -2.28. The summed E-state index contributed by atoms with van der Waals surface area (Å²) in [5, 5.41) is 2.80. The molecule has 0 radical (unpaired) electrons. The Balaban J connectivity index is 1.57. The summed E-state index contributed by atoms with van der Waals surface area (Å²) in [4.78, 5) is 25.5. The number of rotatable bonds is 4. The Hall–Kier alpha value is -3.03. The largest absolute Gasteiger partial charge is 0.453 e. The maximum Gasteiger partial charge on any atom is 0.416 e. The third-order valence-corrected chi connectivity index (χ3v) is 4.86. The van der Waals surface area contributed by atoms with Crippen molar-refractivity contribution in [2.24, 2.45) is 0 Å². The minimum absolute atomic E-state index is 0.150. The van der Waals surface area contributed by atoms with E-state index in [0.717, 1.165) is 23.3 Å². The number of hydrogen-bond donors (Lipinski definition) is 1. The number of aryl methyl sites for hydroxylation is 1. The van der Waals surface area contributed by atoms with E-state index in [1.165, 1.54) is 19.2 Å². The van der Waals surface area contributed by atoms with Crippen LogP contribution in [0, 0.1) is 0 Å². The number of anilines is 1. The number of methoxy groups -OCH3 is 1. The highest BCUT2D eigenvalue weighted by molar-refractivity contribution is 5.91. The molecule has 0 unspecified atom stereocenters. The smallest absolute Gasteiger partial charge is 0.416 e. The molecule has 0 bridgehead atoms. The van der Waals surface area contributed by atoms with Crippen molar-refractivity contribution in [3.8, 4) is 0 Å². The predicted molar refractivity (Wildman–Crippen MR) is 101 cm³/mol. The molecule has 0 spiro atoms. The average molecular weight is 406 g/mol. The third-order valence-electron chi connectivity index (χ3n) is 4.86. The topological polar surface area (TPSA) is 58.6 Å². The lowest BCUT2D eigenvalue weighted by molar-refractivity contribution is -0.137. The van der Waals surface area contributed by atoms with Crippen molar-refractivity contribution in [3.05, 3.63) is 64.7 Å². The van der Waals surface area contributed by atoms with Gasteiger partial charge in [-0.15, -0.1) is 0 Å². The van der Waals surface area contributed by atoms with Gasteiger partial charge in [-0.2, -0.15) is 13.2 Å². The van der Waals surface area contributed by atoms with Gasteiger partial charge in [0.15, 0.2) is 0 Å². The van der Waals surface area contributed by atoms with Crippen LogP contribution in [-0.2, 0) is 35.1 Å². The summed E-state index contributed by atoms with van der Waals surface area (Å²) in [6.07, 6.45) is -3.55. The minimum atomic E-state index is -4.37. The van der Waals surface area contributed by atoms with Crippen LogP contribution in [-0.4, -0.2) is 30.6 Å². The molecule has 2 aromatic rings. The van der Waals surface area contributed by atoms with Crippen molar-refractivity contribution >= 4 is 17.7 Å². The average Bonchev–Trinajstić information content (AvgIpc) is 2.70. The van der Waals surface area contributed by atoms with E-state index < -0.39 is 11.7 Å². The first-order valence-corrected chi connectivity index (χ1v) is 9.17. The Kier molecular flexibility index (Phi) is 6.10. The molecule has 5 nitrogen and oxygen atoms in total. The van der Waals surface area contributed by atoms with Crippen LogP contribution in [0.4, 0.5) is 23.7 Å². The quantitative estimate of drug-likeness (QED) is 0.819. The summed E-state index contributed by atoms with van der Waals surface area (Å²) in [6.45, 7) is 0.996. The molecule has 0 atom stereocenters. The summed E-state index contributed by atoms with van der Waals surface area (Å²) in [7, 11) is 1.34. The molecule has 0 aliphatic carbocycles. The maximum absolute atomic E-state index is 12.6. The minimum Gasteiger partial charge on any atom is -0.453 e. The fourth-order valence-corrected chi connectivity index (χ4v) is 3.26. The first-order chi connectivity index (χ1) is 13.8. The summed E-state index contributed by atoms with van der Waals surface area (Å²) < 4.78 is 42.5. The van der Waals surface area contributed by atoms with Gasteiger partial charge in [-0.25, -0.2) is 4.79 Å². The molecule has 2 amide bonds. The number of alkyl halides is 3. The number of amides is 2. The van der Waals surface area contributed by atoms with Crippen LogP contribution in [0.3, 0.4) is 0 Å². The second-order valence-electron chi connectivity index (χ2n) is 6.87. The van der Waals surface area contributed by atoms with Crippen molar-refractivity contribution in [2.75, 3.05) is 19.0 Å². The van der Waals surface area contributed by atoms with Gasteiger partial charge in [0.25, 0.3) is 0 Å². The van der Waals surface area contributed by atoms with E-state index in [1.54, 1.807) is 4.90 Å². The summed E-state index contributed by atoms with van der Waals surface area (Å²) in [5.74, 6) is -0.231. The molecular weight excluding hydrogens is 385 g/mol. The normalized spacial score (nSPS) is 13.6. The van der Waals surface area contributed by atoms with E-state index in [4.69, 9.17) is 4.74 Å². The maximum atomic E-state index is 12.6. The van der Waals surface area contributed by atoms with E-state index in [9.17, 15) is 22.8 Å². The highest BCUT2D eigenvalue weighted by atomic mass is 19.4. The van der Waals surface area contributed by atoms with Gasteiger partial charge in [0, 0.05) is 25.2 Å². The molecule has 154 valence electrons. The number of halogens is 3. The second-order valence-corrected chi connectivity index (χ2v) is 6.87. The van der Waals surface area contributed by atoms with Gasteiger partial charge in [-0.05, 0) is 53.8 Å². The number of carbonyl (C=O) groups excluding carboxylic acids is 2. The molecule has 1 heterocycles. The molecule has 1 aliphatic rings. The molecular formula is C21H21F3N2O3. The molecule has 8 heteroatoms. The molecule has 3 rings (SSSR count). The van der Waals surface area contributed by atoms with Crippen LogP contribution in [0.1, 0.15) is 28.7 Å². The molecule has 0 aromatic heterocycles. The zero-order valence-electron chi connectivity index (χ0n) is 15.9. The second kappa shape index (κ2) is 8.55. The van der Waals surface area contributed by atoms with Crippen LogP contribution < -0.4 is 5.32 Å². The molecule has 0 saturated carbocycles. The van der Waals surface area contributed by atoms with Crippen molar-refractivity contribution in [3.63, 3.8) is 0 Å². The van der Waals surface area contributed by atoms with Crippen molar-refractivity contribution in [2.45, 2.75) is 32.0 Å². The predicted octanol–water partition coefficient (Wildman–Crippen LogP) is 4.40. The fraction of sp³-hybridized carbons (Fsp3) is 0.333. The van der Waals surface area contributed by atoms with Crippen molar-refractivity contribution in [1.29, 1.82) is 0 Å². The van der Waals surface area contributed by atoms with Crippen LogP contribution in [0.5, 0.6) is 0 Å². The number of hydrogen-bond acceptors (Lipinski definition) is 3. The number of carbonyl (C=O) groups is 2. The SMILES string of the molecule is COC(=O)N1CCc2ccc(NC(=O)CCc3ccc(C(F)(F)F)cc3)cc2C1. The Morgan fingerprint density at radius 2 is 1.83 bits per heavy atom. The van der Waals surface area contributed by atoms with E-state index in [-0.39, 0.29) is 18.4 Å². The lowest BCUT2D eigenvalue weighted by Crippen LogP contribution is -2.35. The van der Waals surface area contributed by atoms with E-state index in [0.29, 0.717) is 37.2 Å². The Labute approximate surface area is 166 Å². The van der Waals surface area contributed by atoms with Gasteiger partial charge >= 0.3 is 12.3 Å². The van der Waals surface area contributed by atoms with E-state index in [2.05, 4.69) is 5.32 Å². The summed E-state index contributed by atoms with van der Waals surface area (Å²) in [6, 6.07) is 10.4. The monoisotopic (exact) mass is 406 g/mol. The highest BCUT2D eigenvalue weighted by Crippen LogP contribution is 2.29. The van der Waals surface area contributed by atoms with E-state index in [1.807, 2.05) is 18.2 Å². The van der Waals surface area contributed by atoms with Crippen molar-refractivity contribution < 1.29 is 27.5 Å². The van der Waals surface area contributed by atoms with Crippen LogP contribution in [0.15, 0.2) is 42.5 Å².